The number of carbonyl (C=O) groups is 1. The van der Waals surface area contributed by atoms with Crippen LogP contribution >= 0.6 is 0 Å². The molecule has 5 rings (SSSR count). The third kappa shape index (κ3) is 4.12. The van der Waals surface area contributed by atoms with Gasteiger partial charge in [-0.2, -0.15) is 0 Å². The number of terminal acetylenes is 1. The van der Waals surface area contributed by atoms with Crippen molar-refractivity contribution in [3.8, 4) is 12.3 Å². The monoisotopic (exact) mass is 444 g/mol. The maximum atomic E-state index is 13.1. The molecule has 4 aliphatic rings. The Balaban J connectivity index is 1.33. The highest BCUT2D eigenvalue weighted by atomic mass is 16.5. The second-order valence-electron chi connectivity index (χ2n) is 8.88. The SMILES string of the molecule is C#Cc1cccc(NC2N=CN=C3C=C(OC)C(NC(=O)N4C[C@H]5CCN(C)[C@H]5C4)=CC32)c1. The summed E-state index contributed by atoms with van der Waals surface area (Å²) in [5.41, 5.74) is 3.13. The minimum atomic E-state index is -0.285. The molecule has 0 radical (unpaired) electrons. The van der Waals surface area contributed by atoms with Crippen molar-refractivity contribution >= 4 is 23.8 Å². The van der Waals surface area contributed by atoms with Gasteiger partial charge in [-0.05, 0) is 50.2 Å². The van der Waals surface area contributed by atoms with Crippen molar-refractivity contribution in [2.45, 2.75) is 18.6 Å². The van der Waals surface area contributed by atoms with Crippen LogP contribution < -0.4 is 10.6 Å². The molecule has 3 heterocycles. The van der Waals surface area contributed by atoms with E-state index in [1.54, 1.807) is 13.4 Å². The number of methoxy groups -OCH3 is 1. The summed E-state index contributed by atoms with van der Waals surface area (Å²) >= 11 is 0. The number of likely N-dealkylation sites (tertiary alicyclic amines) is 2. The van der Waals surface area contributed by atoms with Crippen LogP contribution in [-0.4, -0.2) is 73.9 Å². The molecule has 2 unspecified atom stereocenters. The van der Waals surface area contributed by atoms with Crippen molar-refractivity contribution in [2.24, 2.45) is 21.8 Å². The van der Waals surface area contributed by atoms with E-state index in [1.165, 1.54) is 0 Å². The zero-order chi connectivity index (χ0) is 22.9. The average molecular weight is 445 g/mol. The summed E-state index contributed by atoms with van der Waals surface area (Å²) in [5, 5.41) is 6.51. The number of nitrogens with one attached hydrogen (secondary N) is 2. The Morgan fingerprint density at radius 3 is 3.00 bits per heavy atom. The molecule has 1 aliphatic carbocycles. The molecule has 3 aliphatic heterocycles. The van der Waals surface area contributed by atoms with Crippen LogP contribution in [-0.2, 0) is 4.74 Å². The third-order valence-electron chi connectivity index (χ3n) is 6.92. The van der Waals surface area contributed by atoms with Crippen LogP contribution in [0.25, 0.3) is 0 Å². The fourth-order valence-electron chi connectivity index (χ4n) is 5.10. The standard InChI is InChI=1S/C25H28N6O2/c1-4-16-6-5-7-18(10-16)28-24-19-11-21(23(33-3)12-20(19)26-15-27-24)29-25(32)31-13-17-8-9-30(2)22(17)14-31/h1,5-7,10-12,15,17,19,22,24,28H,8-9,13-14H2,2-3H3,(H,29,32)/t17-,19?,22+,24?/m1/s1. The molecule has 4 atom stereocenters. The van der Waals surface area contributed by atoms with Crippen LogP contribution in [0.4, 0.5) is 10.5 Å². The van der Waals surface area contributed by atoms with Gasteiger partial charge in [0.05, 0.1) is 24.4 Å². The van der Waals surface area contributed by atoms with Gasteiger partial charge in [0, 0.05) is 36.5 Å². The zero-order valence-electron chi connectivity index (χ0n) is 18.9. The van der Waals surface area contributed by atoms with E-state index in [1.807, 2.05) is 41.3 Å². The summed E-state index contributed by atoms with van der Waals surface area (Å²) in [6.07, 6.45) is 11.8. The minimum absolute atomic E-state index is 0.0991. The summed E-state index contributed by atoms with van der Waals surface area (Å²) in [4.78, 5) is 26.3. The van der Waals surface area contributed by atoms with Gasteiger partial charge in [0.15, 0.2) is 0 Å². The fourth-order valence-corrected chi connectivity index (χ4v) is 5.10. The van der Waals surface area contributed by atoms with E-state index >= 15 is 0 Å². The first-order valence-electron chi connectivity index (χ1n) is 11.2. The number of aliphatic imine (C=N–C) groups is 2. The van der Waals surface area contributed by atoms with Gasteiger partial charge in [-0.1, -0.05) is 12.0 Å². The normalized spacial score (nSPS) is 28.2. The van der Waals surface area contributed by atoms with Crippen molar-refractivity contribution in [1.29, 1.82) is 0 Å². The summed E-state index contributed by atoms with van der Waals surface area (Å²) < 4.78 is 5.58. The average Bonchev–Trinajstić information content (AvgIpc) is 3.41. The van der Waals surface area contributed by atoms with Crippen LogP contribution in [0.1, 0.15) is 12.0 Å². The summed E-state index contributed by atoms with van der Waals surface area (Å²) in [6.45, 7) is 2.65. The van der Waals surface area contributed by atoms with Gasteiger partial charge in [0.25, 0.3) is 0 Å². The molecule has 1 aromatic rings. The minimum Gasteiger partial charge on any atom is -0.495 e. The van der Waals surface area contributed by atoms with E-state index in [9.17, 15) is 4.79 Å². The second kappa shape index (κ2) is 8.75. The first kappa shape index (κ1) is 21.3. The molecular weight excluding hydrogens is 416 g/mol. The smallest absolute Gasteiger partial charge is 0.322 e. The van der Waals surface area contributed by atoms with Crippen molar-refractivity contribution in [1.82, 2.24) is 15.1 Å². The number of hydrogen-bond acceptors (Lipinski definition) is 6. The van der Waals surface area contributed by atoms with Crippen LogP contribution in [0.15, 0.2) is 57.9 Å². The largest absolute Gasteiger partial charge is 0.495 e. The van der Waals surface area contributed by atoms with E-state index in [0.29, 0.717) is 23.4 Å². The summed E-state index contributed by atoms with van der Waals surface area (Å²) in [7, 11) is 3.73. The van der Waals surface area contributed by atoms with Gasteiger partial charge >= 0.3 is 6.03 Å². The van der Waals surface area contributed by atoms with E-state index in [2.05, 4.69) is 38.5 Å². The van der Waals surface area contributed by atoms with E-state index in [-0.39, 0.29) is 18.1 Å². The summed E-state index contributed by atoms with van der Waals surface area (Å²) in [6, 6.07) is 8.01. The van der Waals surface area contributed by atoms with Gasteiger partial charge in [-0.15, -0.1) is 6.42 Å². The van der Waals surface area contributed by atoms with Crippen LogP contribution in [0.3, 0.4) is 0 Å². The lowest BCUT2D eigenvalue weighted by molar-refractivity contribution is 0.201. The number of allylic oxidation sites excluding steroid dienone is 1. The van der Waals surface area contributed by atoms with E-state index in [4.69, 9.17) is 11.2 Å². The first-order valence-corrected chi connectivity index (χ1v) is 11.2. The highest BCUT2D eigenvalue weighted by Crippen LogP contribution is 2.31. The van der Waals surface area contributed by atoms with Crippen molar-refractivity contribution in [3.63, 3.8) is 0 Å². The molecule has 170 valence electrons. The number of nitrogens with zero attached hydrogens (tertiary/aromatic N) is 4. The lowest BCUT2D eigenvalue weighted by atomic mass is 9.92. The molecule has 2 amide bonds. The maximum absolute atomic E-state index is 13.1. The van der Waals surface area contributed by atoms with Gasteiger partial charge in [0.1, 0.15) is 18.3 Å². The molecule has 2 saturated heterocycles. The maximum Gasteiger partial charge on any atom is 0.322 e. The number of carbonyl (C=O) groups excluding carboxylic acids is 1. The van der Waals surface area contributed by atoms with Gasteiger partial charge in [0.2, 0.25) is 0 Å². The number of anilines is 1. The third-order valence-corrected chi connectivity index (χ3v) is 6.92. The number of urea groups is 1. The lowest BCUT2D eigenvalue weighted by Crippen LogP contribution is -2.43. The number of benzene rings is 1. The quantitative estimate of drug-likeness (QED) is 0.699. The highest BCUT2D eigenvalue weighted by molar-refractivity contribution is 6.05. The predicted molar refractivity (Wildman–Crippen MR) is 129 cm³/mol. The van der Waals surface area contributed by atoms with E-state index < -0.39 is 0 Å². The number of hydrogen-bond donors (Lipinski definition) is 2. The van der Waals surface area contributed by atoms with Gasteiger partial charge < -0.3 is 25.2 Å². The Morgan fingerprint density at radius 2 is 2.21 bits per heavy atom. The van der Waals surface area contributed by atoms with E-state index in [0.717, 1.165) is 43.0 Å². The first-order chi connectivity index (χ1) is 16.1. The Bertz CT molecular complexity index is 1110. The number of likely N-dealkylation sites (N-methyl/N-ethyl adjacent to an activating group) is 1. The number of amides is 2. The van der Waals surface area contributed by atoms with Gasteiger partial charge in [-0.25, -0.2) is 14.8 Å². The summed E-state index contributed by atoms with van der Waals surface area (Å²) in [5.74, 6) is 3.62. The molecule has 0 saturated carbocycles. The molecule has 8 nitrogen and oxygen atoms in total. The Morgan fingerprint density at radius 1 is 1.33 bits per heavy atom. The molecular formula is C25H28N6O2. The number of ether oxygens (including phenoxy) is 1. The molecule has 2 N–H and O–H groups in total. The predicted octanol–water partition coefficient (Wildman–Crippen LogP) is 2.28. The molecule has 0 bridgehead atoms. The van der Waals surface area contributed by atoms with Gasteiger partial charge in [-0.3, -0.25) is 0 Å². The highest BCUT2D eigenvalue weighted by Gasteiger charge is 2.41. The molecule has 0 aromatic heterocycles. The number of rotatable bonds is 4. The molecule has 1 aromatic carbocycles. The molecule has 33 heavy (non-hydrogen) atoms. The molecule has 2 fully saturated rings. The molecule has 8 heteroatoms. The lowest BCUT2D eigenvalue weighted by Gasteiger charge is -2.30. The topological polar surface area (TPSA) is 81.6 Å². The van der Waals surface area contributed by atoms with Crippen molar-refractivity contribution < 1.29 is 9.53 Å². The number of fused-ring (bicyclic) bond motifs is 2. The Labute approximate surface area is 194 Å². The van der Waals surface area contributed by atoms with Crippen LogP contribution in [0.2, 0.25) is 0 Å². The van der Waals surface area contributed by atoms with Crippen molar-refractivity contribution in [2.75, 3.05) is 39.1 Å². The zero-order valence-corrected chi connectivity index (χ0v) is 18.9. The Hall–Kier alpha value is -3.57. The Kier molecular flexibility index (Phi) is 5.65. The van der Waals surface area contributed by atoms with Crippen molar-refractivity contribution in [3.05, 3.63) is 53.4 Å². The second-order valence-corrected chi connectivity index (χ2v) is 8.88. The van der Waals surface area contributed by atoms with Crippen LogP contribution in [0, 0.1) is 24.2 Å². The van der Waals surface area contributed by atoms with Crippen LogP contribution in [0.5, 0.6) is 0 Å². The fraction of sp³-hybridized carbons (Fsp3) is 0.400. The molecule has 0 spiro atoms.